The highest BCUT2D eigenvalue weighted by atomic mass is 32.2. The van der Waals surface area contributed by atoms with Gasteiger partial charge in [0.25, 0.3) is 0 Å². The monoisotopic (exact) mass is 298 g/mol. The van der Waals surface area contributed by atoms with Gasteiger partial charge in [-0.3, -0.25) is 10.1 Å². The van der Waals surface area contributed by atoms with Crippen molar-refractivity contribution in [3.05, 3.63) is 18.2 Å². The SMILES string of the molecule is NC(=O)NC(=O)CS(=O)(=O)c1nc2cc(N)ccc2o1. The number of hydrogen-bond donors (Lipinski definition) is 3. The molecule has 0 unspecified atom stereocenters. The molecule has 106 valence electrons. The zero-order valence-electron chi connectivity index (χ0n) is 9.99. The number of hydrogen-bond acceptors (Lipinski definition) is 7. The van der Waals surface area contributed by atoms with Crippen LogP contribution in [0.1, 0.15) is 0 Å². The fourth-order valence-corrected chi connectivity index (χ4v) is 2.46. The zero-order chi connectivity index (χ0) is 14.9. The molecule has 3 amide bonds. The molecule has 0 bridgehead atoms. The Bertz CT molecular complexity index is 795. The van der Waals surface area contributed by atoms with Crippen LogP contribution in [-0.4, -0.2) is 31.1 Å². The molecule has 1 aromatic carbocycles. The first-order valence-electron chi connectivity index (χ1n) is 5.26. The van der Waals surface area contributed by atoms with Crippen molar-refractivity contribution in [2.24, 2.45) is 5.73 Å². The maximum absolute atomic E-state index is 11.9. The number of amides is 3. The molecule has 9 nitrogen and oxygen atoms in total. The summed E-state index contributed by atoms with van der Waals surface area (Å²) in [5, 5.41) is 1.02. The van der Waals surface area contributed by atoms with Crippen LogP contribution in [0.25, 0.3) is 11.1 Å². The highest BCUT2D eigenvalue weighted by molar-refractivity contribution is 7.91. The molecule has 20 heavy (non-hydrogen) atoms. The Balaban J connectivity index is 2.32. The minimum absolute atomic E-state index is 0.216. The lowest BCUT2D eigenvalue weighted by Gasteiger charge is -1.99. The predicted molar refractivity (Wildman–Crippen MR) is 68.2 cm³/mol. The number of primary amides is 1. The number of rotatable bonds is 3. The van der Waals surface area contributed by atoms with Gasteiger partial charge in [0.05, 0.1) is 0 Å². The Kier molecular flexibility index (Phi) is 3.32. The van der Waals surface area contributed by atoms with E-state index in [9.17, 15) is 18.0 Å². The molecule has 1 heterocycles. The summed E-state index contributed by atoms with van der Waals surface area (Å²) < 4.78 is 28.8. The van der Waals surface area contributed by atoms with Crippen molar-refractivity contribution in [1.29, 1.82) is 0 Å². The van der Waals surface area contributed by atoms with E-state index >= 15 is 0 Å². The fraction of sp³-hybridized carbons (Fsp3) is 0.100. The molecule has 2 aromatic rings. The molecule has 0 saturated heterocycles. The van der Waals surface area contributed by atoms with Gasteiger partial charge in [-0.15, -0.1) is 0 Å². The van der Waals surface area contributed by atoms with Crippen molar-refractivity contribution >= 4 is 38.6 Å². The number of carbonyl (C=O) groups is 2. The number of oxazole rings is 1. The number of imide groups is 1. The molecule has 0 aliphatic rings. The van der Waals surface area contributed by atoms with Crippen molar-refractivity contribution in [2.75, 3.05) is 11.5 Å². The number of carbonyl (C=O) groups excluding carboxylic acids is 2. The number of sulfone groups is 1. The number of aromatic nitrogens is 1. The van der Waals surface area contributed by atoms with Gasteiger partial charge in [0.2, 0.25) is 15.7 Å². The zero-order valence-corrected chi connectivity index (χ0v) is 10.8. The van der Waals surface area contributed by atoms with E-state index in [1.165, 1.54) is 18.2 Å². The van der Waals surface area contributed by atoms with Crippen LogP contribution in [0.5, 0.6) is 0 Å². The summed E-state index contributed by atoms with van der Waals surface area (Å²) in [6, 6.07) is 3.26. The van der Waals surface area contributed by atoms with Crippen molar-refractivity contribution in [2.45, 2.75) is 5.22 Å². The van der Waals surface area contributed by atoms with E-state index < -0.39 is 32.8 Å². The van der Waals surface area contributed by atoms with Crippen LogP contribution in [0.2, 0.25) is 0 Å². The van der Waals surface area contributed by atoms with Gasteiger partial charge in [0.1, 0.15) is 11.3 Å². The largest absolute Gasteiger partial charge is 0.428 e. The van der Waals surface area contributed by atoms with Crippen molar-refractivity contribution in [3.8, 4) is 0 Å². The quantitative estimate of drug-likeness (QED) is 0.636. The van der Waals surface area contributed by atoms with Crippen LogP contribution < -0.4 is 16.8 Å². The average Bonchev–Trinajstić information content (AvgIpc) is 2.70. The Morgan fingerprint density at radius 2 is 2.05 bits per heavy atom. The smallest absolute Gasteiger partial charge is 0.318 e. The predicted octanol–water partition coefficient (Wildman–Crippen LogP) is -0.621. The molecule has 0 spiro atoms. The number of nitrogen functional groups attached to an aromatic ring is 1. The van der Waals surface area contributed by atoms with Gasteiger partial charge in [-0.05, 0) is 18.2 Å². The summed E-state index contributed by atoms with van der Waals surface area (Å²) in [6.07, 6.45) is 0. The number of nitrogens with zero attached hydrogens (tertiary/aromatic N) is 1. The van der Waals surface area contributed by atoms with Crippen LogP contribution >= 0.6 is 0 Å². The van der Waals surface area contributed by atoms with Gasteiger partial charge in [-0.25, -0.2) is 13.2 Å². The summed E-state index contributed by atoms with van der Waals surface area (Å²) >= 11 is 0. The summed E-state index contributed by atoms with van der Waals surface area (Å²) in [7, 11) is -4.12. The molecule has 1 aromatic heterocycles. The maximum atomic E-state index is 11.9. The van der Waals surface area contributed by atoms with Gasteiger partial charge in [0.15, 0.2) is 5.58 Å². The second-order valence-corrected chi connectivity index (χ2v) is 5.75. The molecule has 0 radical (unpaired) electrons. The first-order chi connectivity index (χ1) is 9.28. The minimum atomic E-state index is -4.12. The molecular formula is C10H10N4O5S. The second kappa shape index (κ2) is 4.81. The minimum Gasteiger partial charge on any atom is -0.428 e. The lowest BCUT2D eigenvalue weighted by molar-refractivity contribution is -0.117. The second-order valence-electron chi connectivity index (χ2n) is 3.88. The Morgan fingerprint density at radius 3 is 2.70 bits per heavy atom. The highest BCUT2D eigenvalue weighted by Gasteiger charge is 2.26. The van der Waals surface area contributed by atoms with Crippen molar-refractivity contribution in [3.63, 3.8) is 0 Å². The third kappa shape index (κ3) is 2.85. The lowest BCUT2D eigenvalue weighted by Crippen LogP contribution is -2.38. The third-order valence-electron chi connectivity index (χ3n) is 2.24. The number of benzene rings is 1. The van der Waals surface area contributed by atoms with E-state index in [0.717, 1.165) is 0 Å². The van der Waals surface area contributed by atoms with Crippen molar-refractivity contribution in [1.82, 2.24) is 10.3 Å². The van der Waals surface area contributed by atoms with Crippen LogP contribution in [0.4, 0.5) is 10.5 Å². The fourth-order valence-electron chi connectivity index (χ4n) is 1.46. The molecule has 0 aliphatic carbocycles. The number of anilines is 1. The van der Waals surface area contributed by atoms with Crippen LogP contribution in [-0.2, 0) is 14.6 Å². The molecule has 0 saturated carbocycles. The Labute approximate surface area is 112 Å². The number of nitrogens with two attached hydrogens (primary N) is 2. The first kappa shape index (κ1) is 13.8. The molecule has 2 rings (SSSR count). The van der Waals surface area contributed by atoms with Crippen molar-refractivity contribution < 1.29 is 22.4 Å². The van der Waals surface area contributed by atoms with Crippen LogP contribution in [0.3, 0.4) is 0 Å². The standard InChI is InChI=1S/C10H10N4O5S/c11-5-1-2-7-6(3-5)13-10(19-7)20(17,18)4-8(15)14-9(12)16/h1-3H,4,11H2,(H3,12,14,15,16). The van der Waals surface area contributed by atoms with Gasteiger partial charge in [-0.1, -0.05) is 0 Å². The number of nitrogens with one attached hydrogen (secondary N) is 1. The van der Waals surface area contributed by atoms with E-state index in [4.69, 9.17) is 15.9 Å². The highest BCUT2D eigenvalue weighted by Crippen LogP contribution is 2.21. The van der Waals surface area contributed by atoms with E-state index in [0.29, 0.717) is 5.69 Å². The topological polar surface area (TPSA) is 158 Å². The van der Waals surface area contributed by atoms with E-state index in [1.807, 2.05) is 0 Å². The molecule has 0 atom stereocenters. The Morgan fingerprint density at radius 1 is 1.35 bits per heavy atom. The van der Waals surface area contributed by atoms with Gasteiger partial charge in [-0.2, -0.15) is 4.98 Å². The molecule has 5 N–H and O–H groups in total. The maximum Gasteiger partial charge on any atom is 0.318 e. The Hall–Kier alpha value is -2.62. The van der Waals surface area contributed by atoms with E-state index in [-0.39, 0.29) is 11.1 Å². The molecular weight excluding hydrogens is 288 g/mol. The summed E-state index contributed by atoms with van der Waals surface area (Å²) in [4.78, 5) is 25.4. The number of urea groups is 1. The van der Waals surface area contributed by atoms with Gasteiger partial charge >= 0.3 is 11.3 Å². The third-order valence-corrected chi connectivity index (χ3v) is 3.59. The summed E-state index contributed by atoms with van der Waals surface area (Å²) in [5.41, 5.74) is 11.1. The molecule has 10 heteroatoms. The normalized spacial score (nSPS) is 11.4. The summed E-state index contributed by atoms with van der Waals surface area (Å²) in [5.74, 6) is -2.07. The van der Waals surface area contributed by atoms with Gasteiger partial charge in [0, 0.05) is 5.69 Å². The number of fused-ring (bicyclic) bond motifs is 1. The first-order valence-corrected chi connectivity index (χ1v) is 6.91. The lowest BCUT2D eigenvalue weighted by atomic mass is 10.3. The average molecular weight is 298 g/mol. The van der Waals surface area contributed by atoms with Gasteiger partial charge < -0.3 is 15.9 Å². The van der Waals surface area contributed by atoms with E-state index in [2.05, 4.69) is 4.98 Å². The summed E-state index contributed by atoms with van der Waals surface area (Å²) in [6.45, 7) is 0. The molecule has 0 fully saturated rings. The molecule has 0 aliphatic heterocycles. The van der Waals surface area contributed by atoms with Crippen LogP contribution in [0, 0.1) is 0 Å². The van der Waals surface area contributed by atoms with Crippen LogP contribution in [0.15, 0.2) is 27.8 Å². The van der Waals surface area contributed by atoms with E-state index in [1.54, 1.807) is 5.32 Å².